The third-order valence-corrected chi connectivity index (χ3v) is 3.38. The first-order valence-electron chi connectivity index (χ1n) is 7.34. The summed E-state index contributed by atoms with van der Waals surface area (Å²) in [6.45, 7) is 3.92. The van der Waals surface area contributed by atoms with Crippen molar-refractivity contribution in [2.45, 2.75) is 58.0 Å². The maximum Gasteiger partial charge on any atom is 0.0208 e. The number of nitrogens with one attached hydrogen (secondary N) is 1. The number of unbranched alkanes of at least 4 members (excludes halogenated alkanes) is 4. The minimum Gasteiger partial charge on any atom is -0.329 e. The highest BCUT2D eigenvalue weighted by Gasteiger charge is 2.05. The zero-order valence-electron chi connectivity index (χ0n) is 11.7. The van der Waals surface area contributed by atoms with E-state index in [-0.39, 0.29) is 0 Å². The molecule has 0 amide bonds. The van der Waals surface area contributed by atoms with E-state index in [1.807, 2.05) is 0 Å². The summed E-state index contributed by atoms with van der Waals surface area (Å²) < 4.78 is 0. The Labute approximate surface area is 112 Å². The van der Waals surface area contributed by atoms with E-state index in [1.54, 1.807) is 0 Å². The summed E-state index contributed by atoms with van der Waals surface area (Å²) in [5.74, 6) is 0. The second kappa shape index (κ2) is 10.1. The fourth-order valence-electron chi connectivity index (χ4n) is 2.16. The fourth-order valence-corrected chi connectivity index (χ4v) is 2.16. The lowest BCUT2D eigenvalue weighted by Gasteiger charge is -2.16. The highest BCUT2D eigenvalue weighted by molar-refractivity contribution is 5.14. The first-order valence-corrected chi connectivity index (χ1v) is 7.34. The van der Waals surface area contributed by atoms with Crippen molar-refractivity contribution in [1.82, 2.24) is 5.32 Å². The number of benzene rings is 1. The van der Waals surface area contributed by atoms with Gasteiger partial charge in [-0.1, -0.05) is 69.4 Å². The molecule has 0 saturated carbocycles. The molecule has 0 heterocycles. The topological polar surface area (TPSA) is 38.0 Å². The molecule has 1 atom stereocenters. The van der Waals surface area contributed by atoms with Gasteiger partial charge in [-0.15, -0.1) is 0 Å². The van der Waals surface area contributed by atoms with Gasteiger partial charge in [-0.05, 0) is 12.0 Å². The van der Waals surface area contributed by atoms with Crippen molar-refractivity contribution in [3.05, 3.63) is 35.9 Å². The lowest BCUT2D eigenvalue weighted by molar-refractivity contribution is 0.459. The van der Waals surface area contributed by atoms with Crippen molar-refractivity contribution in [1.29, 1.82) is 0 Å². The van der Waals surface area contributed by atoms with Crippen molar-refractivity contribution < 1.29 is 0 Å². The molecule has 0 radical (unpaired) electrons. The predicted octanol–water partition coefficient (Wildman–Crippen LogP) is 3.46. The smallest absolute Gasteiger partial charge is 0.0208 e. The number of hydrogen-bond acceptors (Lipinski definition) is 2. The molecule has 0 bridgehead atoms. The van der Waals surface area contributed by atoms with Gasteiger partial charge in [0.2, 0.25) is 0 Å². The van der Waals surface area contributed by atoms with Crippen LogP contribution in [0.5, 0.6) is 0 Å². The Morgan fingerprint density at radius 3 is 2.44 bits per heavy atom. The van der Waals surface area contributed by atoms with Gasteiger partial charge in [-0.2, -0.15) is 0 Å². The maximum atomic E-state index is 5.82. The molecule has 0 aliphatic heterocycles. The highest BCUT2D eigenvalue weighted by atomic mass is 14.9. The fraction of sp³-hybridized carbons (Fsp3) is 0.625. The normalized spacial score (nSPS) is 12.6. The Morgan fingerprint density at radius 2 is 1.78 bits per heavy atom. The van der Waals surface area contributed by atoms with Crippen LogP contribution in [0.15, 0.2) is 30.3 Å². The number of nitrogens with two attached hydrogens (primary N) is 1. The molecule has 0 aromatic heterocycles. The zero-order valence-corrected chi connectivity index (χ0v) is 11.7. The average molecular weight is 248 g/mol. The standard InChI is InChI=1S/C16H28N2/c1-2-3-4-5-9-12-16(13-17)18-14-15-10-7-6-8-11-15/h6-8,10-11,16,18H,2-5,9,12-14,17H2,1H3. The molecular weight excluding hydrogens is 220 g/mol. The second-order valence-corrected chi connectivity index (χ2v) is 5.00. The van der Waals surface area contributed by atoms with Crippen LogP contribution in [0.1, 0.15) is 51.0 Å². The molecule has 0 saturated heterocycles. The highest BCUT2D eigenvalue weighted by Crippen LogP contribution is 2.07. The van der Waals surface area contributed by atoms with Crippen molar-refractivity contribution in [3.63, 3.8) is 0 Å². The van der Waals surface area contributed by atoms with E-state index in [0.717, 1.165) is 13.1 Å². The Kier molecular flexibility index (Phi) is 8.53. The molecule has 1 rings (SSSR count). The summed E-state index contributed by atoms with van der Waals surface area (Å²) >= 11 is 0. The Hall–Kier alpha value is -0.860. The predicted molar refractivity (Wildman–Crippen MR) is 79.5 cm³/mol. The van der Waals surface area contributed by atoms with Gasteiger partial charge >= 0.3 is 0 Å². The summed E-state index contributed by atoms with van der Waals surface area (Å²) in [6, 6.07) is 11.0. The first kappa shape index (κ1) is 15.2. The van der Waals surface area contributed by atoms with Crippen molar-refractivity contribution >= 4 is 0 Å². The van der Waals surface area contributed by atoms with Crippen LogP contribution in [0.2, 0.25) is 0 Å². The van der Waals surface area contributed by atoms with Gasteiger partial charge in [0.05, 0.1) is 0 Å². The van der Waals surface area contributed by atoms with Crippen LogP contribution in [0.25, 0.3) is 0 Å². The third-order valence-electron chi connectivity index (χ3n) is 3.38. The Bertz CT molecular complexity index is 284. The van der Waals surface area contributed by atoms with E-state index in [4.69, 9.17) is 5.73 Å². The van der Waals surface area contributed by atoms with Crippen LogP contribution < -0.4 is 11.1 Å². The van der Waals surface area contributed by atoms with E-state index < -0.39 is 0 Å². The van der Waals surface area contributed by atoms with Crippen molar-refractivity contribution in [2.24, 2.45) is 5.73 Å². The molecule has 1 aromatic carbocycles. The first-order chi connectivity index (χ1) is 8.86. The molecule has 3 N–H and O–H groups in total. The summed E-state index contributed by atoms with van der Waals surface area (Å²) in [4.78, 5) is 0. The van der Waals surface area contributed by atoms with Crippen LogP contribution in [-0.2, 0) is 6.54 Å². The number of rotatable bonds is 10. The van der Waals surface area contributed by atoms with Gasteiger partial charge in [-0.3, -0.25) is 0 Å². The van der Waals surface area contributed by atoms with Gasteiger partial charge < -0.3 is 11.1 Å². The quantitative estimate of drug-likeness (QED) is 0.622. The lowest BCUT2D eigenvalue weighted by Crippen LogP contribution is -2.35. The molecule has 1 aromatic rings. The van der Waals surface area contributed by atoms with Gasteiger partial charge in [0, 0.05) is 19.1 Å². The van der Waals surface area contributed by atoms with E-state index in [9.17, 15) is 0 Å². The Balaban J connectivity index is 2.13. The van der Waals surface area contributed by atoms with Gasteiger partial charge in [0.25, 0.3) is 0 Å². The van der Waals surface area contributed by atoms with Crippen LogP contribution in [0, 0.1) is 0 Å². The average Bonchev–Trinajstić information content (AvgIpc) is 2.43. The summed E-state index contributed by atoms with van der Waals surface area (Å²) in [5.41, 5.74) is 7.15. The van der Waals surface area contributed by atoms with E-state index >= 15 is 0 Å². The molecule has 0 spiro atoms. The minimum absolute atomic E-state index is 0.465. The number of hydrogen-bond donors (Lipinski definition) is 2. The molecule has 2 nitrogen and oxygen atoms in total. The molecule has 2 heteroatoms. The molecule has 0 aliphatic carbocycles. The van der Waals surface area contributed by atoms with Crippen LogP contribution in [0.3, 0.4) is 0 Å². The summed E-state index contributed by atoms with van der Waals surface area (Å²) in [5, 5.41) is 3.55. The summed E-state index contributed by atoms with van der Waals surface area (Å²) in [6.07, 6.45) is 7.89. The van der Waals surface area contributed by atoms with Crippen molar-refractivity contribution in [2.75, 3.05) is 6.54 Å². The SMILES string of the molecule is CCCCCCCC(CN)NCc1ccccc1. The maximum absolute atomic E-state index is 5.82. The zero-order chi connectivity index (χ0) is 13.1. The monoisotopic (exact) mass is 248 g/mol. The Morgan fingerprint density at radius 1 is 1.06 bits per heavy atom. The molecule has 18 heavy (non-hydrogen) atoms. The van der Waals surface area contributed by atoms with E-state index in [0.29, 0.717) is 6.04 Å². The van der Waals surface area contributed by atoms with E-state index in [1.165, 1.54) is 44.1 Å². The van der Waals surface area contributed by atoms with Gasteiger partial charge in [0.15, 0.2) is 0 Å². The third kappa shape index (κ3) is 6.77. The van der Waals surface area contributed by atoms with Crippen LogP contribution in [-0.4, -0.2) is 12.6 Å². The van der Waals surface area contributed by atoms with Gasteiger partial charge in [-0.25, -0.2) is 0 Å². The van der Waals surface area contributed by atoms with E-state index in [2.05, 4.69) is 42.6 Å². The summed E-state index contributed by atoms with van der Waals surface area (Å²) in [7, 11) is 0. The van der Waals surface area contributed by atoms with Crippen LogP contribution >= 0.6 is 0 Å². The van der Waals surface area contributed by atoms with Gasteiger partial charge in [0.1, 0.15) is 0 Å². The second-order valence-electron chi connectivity index (χ2n) is 5.00. The molecular formula is C16H28N2. The molecule has 0 aliphatic rings. The minimum atomic E-state index is 0.465. The lowest BCUT2D eigenvalue weighted by atomic mass is 10.1. The molecule has 1 unspecified atom stereocenters. The van der Waals surface area contributed by atoms with Crippen LogP contribution in [0.4, 0.5) is 0 Å². The largest absolute Gasteiger partial charge is 0.329 e. The molecule has 0 fully saturated rings. The van der Waals surface area contributed by atoms with Crippen molar-refractivity contribution in [3.8, 4) is 0 Å². The molecule has 102 valence electrons.